The predicted molar refractivity (Wildman–Crippen MR) is 297 cm³/mol. The van der Waals surface area contributed by atoms with Gasteiger partial charge in [-0.2, -0.15) is 0 Å². The molecule has 4 rings (SSSR count). The van der Waals surface area contributed by atoms with E-state index in [-0.39, 0.29) is 49.7 Å². The molecule has 456 valence electrons. The Balaban J connectivity index is 0.853. The summed E-state index contributed by atoms with van der Waals surface area (Å²) in [6, 6.07) is 6.00. The molecule has 82 heavy (non-hydrogen) atoms. The van der Waals surface area contributed by atoms with Gasteiger partial charge in [0, 0.05) is 41.8 Å². The number of carbonyl (C=O) groups excluding carboxylic acids is 5. The summed E-state index contributed by atoms with van der Waals surface area (Å²) >= 11 is 1.21. The molecule has 28 nitrogen and oxygen atoms in total. The zero-order valence-corrected chi connectivity index (χ0v) is 48.7. The summed E-state index contributed by atoms with van der Waals surface area (Å²) in [4.78, 5) is 74.6. The number of carbonyl (C=O) groups is 5. The smallest absolute Gasteiger partial charge is 0.311 e. The number of aromatic nitrogens is 6. The number of esters is 1. The Hall–Kier alpha value is -6.03. The van der Waals surface area contributed by atoms with Gasteiger partial charge in [-0.15, -0.1) is 16.4 Å². The number of nitrogens with one attached hydrogen (secondary N) is 4. The SMILES string of the molecule is CC(C)(C)C(=O)OCc1ccc(NC(=O)[C@H](CCCCN)NC(=O)COCC(=O)NCCOCCOCCOCCOCCOCCOCCOCCOCCn2cc(CNC(=O)c3csc(-c4cnc(S(C)(=O)=O)nc4)n3)nn2)cc1. The number of unbranched alkanes of at least 4 members (excludes halogenated alkanes) is 1. The summed E-state index contributed by atoms with van der Waals surface area (Å²) in [7, 11) is -3.53. The zero-order chi connectivity index (χ0) is 59.3. The van der Waals surface area contributed by atoms with Crippen LogP contribution in [-0.2, 0) is 96.1 Å². The van der Waals surface area contributed by atoms with E-state index >= 15 is 0 Å². The number of thiazole rings is 1. The van der Waals surface area contributed by atoms with Crippen molar-refractivity contribution in [3.63, 3.8) is 0 Å². The molecular formula is C52H79N11O17S2. The summed E-state index contributed by atoms with van der Waals surface area (Å²) in [6.45, 7) is 12.2. The topological polar surface area (TPSA) is 355 Å². The molecule has 1 aromatic carbocycles. The van der Waals surface area contributed by atoms with Gasteiger partial charge in [0.15, 0.2) is 0 Å². The lowest BCUT2D eigenvalue weighted by atomic mass is 9.97. The van der Waals surface area contributed by atoms with Crippen LogP contribution < -0.4 is 27.0 Å². The highest BCUT2D eigenvalue weighted by molar-refractivity contribution is 7.90. The van der Waals surface area contributed by atoms with Crippen LogP contribution in [0.5, 0.6) is 0 Å². The van der Waals surface area contributed by atoms with E-state index in [2.05, 4.69) is 46.5 Å². The van der Waals surface area contributed by atoms with E-state index in [1.54, 1.807) is 61.3 Å². The Kier molecular flexibility index (Phi) is 32.9. The molecule has 30 heteroatoms. The van der Waals surface area contributed by atoms with E-state index in [1.807, 2.05) is 0 Å². The van der Waals surface area contributed by atoms with Crippen molar-refractivity contribution in [1.29, 1.82) is 0 Å². The summed E-state index contributed by atoms with van der Waals surface area (Å²) in [5, 5.41) is 20.8. The molecule has 3 heterocycles. The lowest BCUT2D eigenvalue weighted by Crippen LogP contribution is -2.45. The summed E-state index contributed by atoms with van der Waals surface area (Å²) in [5.74, 6) is -2.12. The zero-order valence-electron chi connectivity index (χ0n) is 47.1. The van der Waals surface area contributed by atoms with Crippen LogP contribution in [0.2, 0.25) is 0 Å². The van der Waals surface area contributed by atoms with Gasteiger partial charge in [-0.25, -0.2) is 28.1 Å². The molecule has 0 aliphatic heterocycles. The largest absolute Gasteiger partial charge is 0.460 e. The van der Waals surface area contributed by atoms with Gasteiger partial charge in [0.25, 0.3) is 5.91 Å². The molecule has 4 amide bonds. The van der Waals surface area contributed by atoms with Crippen LogP contribution in [0.1, 0.15) is 61.8 Å². The average Bonchev–Trinajstić information content (AvgIpc) is 4.33. The van der Waals surface area contributed by atoms with Gasteiger partial charge in [0.1, 0.15) is 42.3 Å². The van der Waals surface area contributed by atoms with Crippen molar-refractivity contribution in [2.75, 3.05) is 144 Å². The number of anilines is 1. The standard InChI is InChI=1S/C52H79N11O17S2/c1-52(2,3)50(68)80-35-39-8-10-41(11-9-39)58-48(67)43(7-5-6-12-53)59-46(65)37-79-36-45(64)54-13-15-71-17-19-73-21-23-75-25-27-77-29-30-78-28-26-76-24-22-74-20-18-72-16-14-63-34-42(61-62-63)33-55-47(66)44-38-81-49(60-44)40-31-56-51(57-32-40)82(4,69)70/h8-11,31-32,34,38,43H,5-7,12-30,33,35-37,53H2,1-4H3,(H,54,64)(H,55,66)(H,58,67)(H,59,65)/t43-/m0/s1. The molecule has 4 aromatic rings. The lowest BCUT2D eigenvalue weighted by Gasteiger charge is -2.19. The van der Waals surface area contributed by atoms with E-state index < -0.39 is 51.5 Å². The van der Waals surface area contributed by atoms with Crippen molar-refractivity contribution in [3.05, 3.63) is 65.2 Å². The predicted octanol–water partition coefficient (Wildman–Crippen LogP) is 1.13. The highest BCUT2D eigenvalue weighted by Crippen LogP contribution is 2.23. The second-order valence-corrected chi connectivity index (χ2v) is 21.6. The van der Waals surface area contributed by atoms with E-state index in [0.29, 0.717) is 153 Å². The summed E-state index contributed by atoms with van der Waals surface area (Å²) < 4.78 is 79.6. The Morgan fingerprint density at radius 2 is 1.26 bits per heavy atom. The minimum atomic E-state index is -3.53. The van der Waals surface area contributed by atoms with Gasteiger partial charge < -0.3 is 74.4 Å². The van der Waals surface area contributed by atoms with Crippen molar-refractivity contribution < 1.29 is 79.8 Å². The Bertz CT molecular complexity index is 2590. The van der Waals surface area contributed by atoms with Crippen LogP contribution in [0.3, 0.4) is 0 Å². The number of rotatable bonds is 45. The molecule has 6 N–H and O–H groups in total. The third kappa shape index (κ3) is 29.8. The van der Waals surface area contributed by atoms with Crippen LogP contribution in [0, 0.1) is 5.41 Å². The van der Waals surface area contributed by atoms with Crippen molar-refractivity contribution in [2.45, 2.75) is 70.9 Å². The fourth-order valence-corrected chi connectivity index (χ4v) is 7.81. The monoisotopic (exact) mass is 1190 g/mol. The third-order valence-electron chi connectivity index (χ3n) is 10.9. The maximum Gasteiger partial charge on any atom is 0.311 e. The van der Waals surface area contributed by atoms with E-state index in [9.17, 15) is 32.4 Å². The molecule has 0 saturated heterocycles. The molecule has 0 aliphatic carbocycles. The van der Waals surface area contributed by atoms with Gasteiger partial charge >= 0.3 is 5.97 Å². The first-order valence-corrected chi connectivity index (χ1v) is 29.5. The lowest BCUT2D eigenvalue weighted by molar-refractivity contribution is -0.154. The highest BCUT2D eigenvalue weighted by atomic mass is 32.2. The van der Waals surface area contributed by atoms with Gasteiger partial charge in [-0.3, -0.25) is 24.0 Å². The second kappa shape index (κ2) is 39.5. The number of hydrogen-bond acceptors (Lipinski definition) is 24. The number of amides is 4. The molecule has 0 fully saturated rings. The van der Waals surface area contributed by atoms with Crippen molar-refractivity contribution >= 4 is 56.5 Å². The van der Waals surface area contributed by atoms with Gasteiger partial charge in [0.2, 0.25) is 32.7 Å². The molecular weight excluding hydrogens is 1110 g/mol. The number of sulfone groups is 1. The number of nitrogens with two attached hydrogens (primary N) is 1. The number of nitrogens with zero attached hydrogens (tertiary/aromatic N) is 6. The molecule has 1 atom stereocenters. The summed E-state index contributed by atoms with van der Waals surface area (Å²) in [5.41, 5.74) is 7.52. The fraction of sp³-hybridized carbons (Fsp3) is 0.615. The summed E-state index contributed by atoms with van der Waals surface area (Å²) in [6.07, 6.45) is 7.07. The number of ether oxygens (including phenoxy) is 10. The molecule has 0 aliphatic rings. The van der Waals surface area contributed by atoms with Gasteiger partial charge in [0.05, 0.1) is 130 Å². The maximum absolute atomic E-state index is 13.1. The molecule has 3 aromatic heterocycles. The molecule has 0 bridgehead atoms. The number of benzene rings is 1. The van der Waals surface area contributed by atoms with Crippen molar-refractivity contribution in [2.24, 2.45) is 11.1 Å². The minimum absolute atomic E-state index is 0.104. The maximum atomic E-state index is 13.1. The van der Waals surface area contributed by atoms with Gasteiger partial charge in [-0.1, -0.05) is 17.3 Å². The van der Waals surface area contributed by atoms with Crippen LogP contribution in [0.15, 0.2) is 53.4 Å². The van der Waals surface area contributed by atoms with Crippen molar-refractivity contribution in [1.82, 2.24) is 45.9 Å². The first-order chi connectivity index (χ1) is 39.5. The first kappa shape index (κ1) is 68.5. The van der Waals surface area contributed by atoms with Crippen LogP contribution in [0.4, 0.5) is 5.69 Å². The average molecular weight is 1190 g/mol. The fourth-order valence-electron chi connectivity index (χ4n) is 6.55. The molecule has 0 saturated carbocycles. The van der Waals surface area contributed by atoms with Crippen LogP contribution in [-0.4, -0.2) is 212 Å². The Morgan fingerprint density at radius 1 is 0.707 bits per heavy atom. The third-order valence-corrected chi connectivity index (χ3v) is 12.6. The number of hydrogen-bond donors (Lipinski definition) is 5. The van der Waals surface area contributed by atoms with Crippen LogP contribution >= 0.6 is 11.3 Å². The quantitative estimate of drug-likeness (QED) is 0.0235. The van der Waals surface area contributed by atoms with Gasteiger partial charge in [-0.05, 0) is 64.3 Å². The van der Waals surface area contributed by atoms with Crippen LogP contribution in [0.25, 0.3) is 10.6 Å². The van der Waals surface area contributed by atoms with Crippen molar-refractivity contribution in [3.8, 4) is 10.6 Å². The molecule has 0 radical (unpaired) electrons. The second-order valence-electron chi connectivity index (χ2n) is 18.9. The molecule has 0 spiro atoms. The first-order valence-electron chi connectivity index (χ1n) is 26.7. The minimum Gasteiger partial charge on any atom is -0.460 e. The Labute approximate surface area is 481 Å². The van der Waals surface area contributed by atoms with E-state index in [1.165, 1.54) is 23.7 Å². The van der Waals surface area contributed by atoms with E-state index in [4.69, 9.17) is 53.1 Å². The Morgan fingerprint density at radius 3 is 1.80 bits per heavy atom. The van der Waals surface area contributed by atoms with E-state index in [0.717, 1.165) is 11.8 Å². The normalized spacial score (nSPS) is 12.0. The highest BCUT2D eigenvalue weighted by Gasteiger charge is 2.24. The molecule has 0 unspecified atom stereocenters.